The van der Waals surface area contributed by atoms with Crippen molar-refractivity contribution in [2.75, 3.05) is 11.7 Å². The quantitative estimate of drug-likeness (QED) is 0.447. The van der Waals surface area contributed by atoms with E-state index in [1.165, 1.54) is 18.5 Å². The van der Waals surface area contributed by atoms with Crippen molar-refractivity contribution in [3.63, 3.8) is 0 Å². The summed E-state index contributed by atoms with van der Waals surface area (Å²) in [7, 11) is 0. The molecule has 0 spiro atoms. The van der Waals surface area contributed by atoms with Gasteiger partial charge in [-0.15, -0.1) is 0 Å². The molecular formula is C10H10N2O4. The minimum Gasteiger partial charge on any atom is -0.465 e. The van der Waals surface area contributed by atoms with Crippen LogP contribution in [0.15, 0.2) is 18.5 Å². The van der Waals surface area contributed by atoms with Crippen molar-refractivity contribution in [1.82, 2.24) is 4.98 Å². The van der Waals surface area contributed by atoms with Gasteiger partial charge in [-0.05, 0) is 13.0 Å². The Bertz CT molecular complexity index is 446. The molecule has 1 aliphatic rings. The minimum atomic E-state index is -1.08. The Hall–Kier alpha value is -1.95. The lowest BCUT2D eigenvalue weighted by Gasteiger charge is -2.08. The van der Waals surface area contributed by atoms with Crippen LogP contribution in [0.5, 0.6) is 0 Å². The smallest absolute Gasteiger partial charge is 0.323 e. The number of ether oxygens (including phenoxy) is 1. The first-order valence-corrected chi connectivity index (χ1v) is 4.80. The van der Waals surface area contributed by atoms with Gasteiger partial charge in [0.15, 0.2) is 5.92 Å². The first kappa shape index (κ1) is 10.6. The Morgan fingerprint density at radius 3 is 3.12 bits per heavy atom. The van der Waals surface area contributed by atoms with Gasteiger partial charge in [-0.2, -0.15) is 5.06 Å². The predicted octanol–water partition coefficient (Wildman–Crippen LogP) is 0.464. The van der Waals surface area contributed by atoms with E-state index in [4.69, 9.17) is 4.74 Å². The lowest BCUT2D eigenvalue weighted by atomic mass is 10.0. The molecule has 0 bridgehead atoms. The Morgan fingerprint density at radius 2 is 2.44 bits per heavy atom. The highest BCUT2D eigenvalue weighted by atomic mass is 16.5. The summed E-state index contributed by atoms with van der Waals surface area (Å²) in [5.41, 5.74) is 0.645. The summed E-state index contributed by atoms with van der Waals surface area (Å²) in [4.78, 5) is 27.0. The Labute approximate surface area is 91.4 Å². The molecule has 6 nitrogen and oxygen atoms in total. The Balaban J connectivity index is 2.41. The number of amides is 1. The number of pyridine rings is 1. The number of carbonyl (C=O) groups excluding carboxylic acids is 2. The van der Waals surface area contributed by atoms with Gasteiger partial charge >= 0.3 is 5.97 Å². The monoisotopic (exact) mass is 222 g/mol. The molecule has 1 N–H and O–H groups in total. The summed E-state index contributed by atoms with van der Waals surface area (Å²) in [6.07, 6.45) is 2.78. The number of hydrogen-bond acceptors (Lipinski definition) is 5. The number of rotatable bonds is 2. The number of esters is 1. The summed E-state index contributed by atoms with van der Waals surface area (Å²) in [5.74, 6) is -2.44. The van der Waals surface area contributed by atoms with Crippen LogP contribution in [0.25, 0.3) is 0 Å². The van der Waals surface area contributed by atoms with Crippen LogP contribution in [-0.4, -0.2) is 28.7 Å². The average Bonchev–Trinajstić information content (AvgIpc) is 2.53. The number of anilines is 1. The third-order valence-corrected chi connectivity index (χ3v) is 2.35. The molecule has 0 saturated heterocycles. The number of aromatic nitrogens is 1. The van der Waals surface area contributed by atoms with E-state index in [0.29, 0.717) is 10.6 Å². The molecular weight excluding hydrogens is 212 g/mol. The molecule has 0 aliphatic carbocycles. The van der Waals surface area contributed by atoms with Crippen molar-refractivity contribution >= 4 is 17.6 Å². The molecule has 84 valence electrons. The molecule has 2 heterocycles. The number of hydrogen-bond donors (Lipinski definition) is 1. The van der Waals surface area contributed by atoms with Gasteiger partial charge in [0.2, 0.25) is 0 Å². The zero-order valence-electron chi connectivity index (χ0n) is 8.58. The summed E-state index contributed by atoms with van der Waals surface area (Å²) in [5, 5.41) is 9.91. The van der Waals surface area contributed by atoms with Gasteiger partial charge in [0.05, 0.1) is 18.5 Å². The zero-order chi connectivity index (χ0) is 11.7. The highest BCUT2D eigenvalue weighted by Gasteiger charge is 2.42. The molecule has 0 radical (unpaired) electrons. The van der Waals surface area contributed by atoms with Crippen LogP contribution in [0.4, 0.5) is 5.69 Å². The maximum atomic E-state index is 11.6. The molecule has 2 rings (SSSR count). The first-order chi connectivity index (χ1) is 7.66. The van der Waals surface area contributed by atoms with Crippen LogP contribution in [0.3, 0.4) is 0 Å². The summed E-state index contributed by atoms with van der Waals surface area (Å²) in [6, 6.07) is 1.52. The Kier molecular flexibility index (Phi) is 2.57. The maximum Gasteiger partial charge on any atom is 0.323 e. The largest absolute Gasteiger partial charge is 0.465 e. The molecule has 1 aliphatic heterocycles. The lowest BCUT2D eigenvalue weighted by Crippen LogP contribution is -2.29. The fourth-order valence-electron chi connectivity index (χ4n) is 1.65. The van der Waals surface area contributed by atoms with Crippen LogP contribution < -0.4 is 5.06 Å². The molecule has 16 heavy (non-hydrogen) atoms. The van der Waals surface area contributed by atoms with E-state index in [2.05, 4.69) is 4.98 Å². The van der Waals surface area contributed by atoms with Gasteiger partial charge in [0.25, 0.3) is 5.91 Å². The summed E-state index contributed by atoms with van der Waals surface area (Å²) >= 11 is 0. The lowest BCUT2D eigenvalue weighted by molar-refractivity contribution is -0.148. The summed E-state index contributed by atoms with van der Waals surface area (Å²) < 4.78 is 4.78. The molecule has 0 aromatic carbocycles. The van der Waals surface area contributed by atoms with E-state index < -0.39 is 17.8 Å². The standard InChI is InChI=1S/C10H10N2O4/c1-2-16-10(14)8-6-3-4-11-5-7(6)12(15)9(8)13/h3-5,8,15H,2H2,1H3. The zero-order valence-corrected chi connectivity index (χ0v) is 8.58. The molecule has 0 saturated carbocycles. The number of nitrogens with zero attached hydrogens (tertiary/aromatic N) is 2. The Morgan fingerprint density at radius 1 is 1.69 bits per heavy atom. The molecule has 1 amide bonds. The normalized spacial score (nSPS) is 18.5. The molecule has 1 unspecified atom stereocenters. The van der Waals surface area contributed by atoms with Crippen LogP contribution in [-0.2, 0) is 14.3 Å². The second-order valence-electron chi connectivity index (χ2n) is 3.27. The highest BCUT2D eigenvalue weighted by Crippen LogP contribution is 2.35. The van der Waals surface area contributed by atoms with Crippen molar-refractivity contribution in [2.45, 2.75) is 12.8 Å². The second-order valence-corrected chi connectivity index (χ2v) is 3.27. The molecule has 6 heteroatoms. The predicted molar refractivity (Wildman–Crippen MR) is 52.9 cm³/mol. The average molecular weight is 222 g/mol. The van der Waals surface area contributed by atoms with E-state index >= 15 is 0 Å². The van der Waals surface area contributed by atoms with Crippen LogP contribution >= 0.6 is 0 Å². The van der Waals surface area contributed by atoms with Gasteiger partial charge < -0.3 is 4.74 Å². The van der Waals surface area contributed by atoms with Gasteiger partial charge in [0.1, 0.15) is 0 Å². The van der Waals surface area contributed by atoms with E-state index in [-0.39, 0.29) is 12.3 Å². The van der Waals surface area contributed by atoms with E-state index in [1.807, 2.05) is 0 Å². The van der Waals surface area contributed by atoms with Crippen molar-refractivity contribution in [1.29, 1.82) is 0 Å². The first-order valence-electron chi connectivity index (χ1n) is 4.80. The van der Waals surface area contributed by atoms with Gasteiger partial charge in [-0.1, -0.05) is 0 Å². The van der Waals surface area contributed by atoms with Crippen molar-refractivity contribution < 1.29 is 19.5 Å². The number of carbonyl (C=O) groups is 2. The number of hydroxylamine groups is 1. The fraction of sp³-hybridized carbons (Fsp3) is 0.300. The third kappa shape index (κ3) is 1.43. The highest BCUT2D eigenvalue weighted by molar-refractivity contribution is 6.14. The fourth-order valence-corrected chi connectivity index (χ4v) is 1.65. The van der Waals surface area contributed by atoms with Crippen molar-refractivity contribution in [3.05, 3.63) is 24.0 Å². The maximum absolute atomic E-state index is 11.6. The number of fused-ring (bicyclic) bond motifs is 1. The van der Waals surface area contributed by atoms with E-state index in [1.54, 1.807) is 6.92 Å². The van der Waals surface area contributed by atoms with E-state index in [0.717, 1.165) is 0 Å². The second kappa shape index (κ2) is 3.90. The van der Waals surface area contributed by atoms with Crippen LogP contribution in [0.1, 0.15) is 18.4 Å². The molecule has 0 fully saturated rings. The van der Waals surface area contributed by atoms with Crippen molar-refractivity contribution in [2.24, 2.45) is 0 Å². The molecule has 1 aromatic rings. The SMILES string of the molecule is CCOC(=O)C1C(=O)N(O)c2cnccc21. The summed E-state index contributed by atoms with van der Waals surface area (Å²) in [6.45, 7) is 1.84. The molecule has 1 aromatic heterocycles. The van der Waals surface area contributed by atoms with Crippen LogP contribution in [0, 0.1) is 0 Å². The van der Waals surface area contributed by atoms with Gasteiger partial charge in [0, 0.05) is 11.8 Å². The van der Waals surface area contributed by atoms with Crippen LogP contribution in [0.2, 0.25) is 0 Å². The topological polar surface area (TPSA) is 79.7 Å². The van der Waals surface area contributed by atoms with Crippen molar-refractivity contribution in [3.8, 4) is 0 Å². The molecule has 1 atom stereocenters. The van der Waals surface area contributed by atoms with Gasteiger partial charge in [-0.25, -0.2) is 0 Å². The van der Waals surface area contributed by atoms with E-state index in [9.17, 15) is 14.8 Å². The van der Waals surface area contributed by atoms with Gasteiger partial charge in [-0.3, -0.25) is 19.8 Å². The third-order valence-electron chi connectivity index (χ3n) is 2.35. The minimum absolute atomic E-state index is 0.189.